The van der Waals surface area contributed by atoms with E-state index in [0.717, 1.165) is 6.42 Å². The molecule has 0 fully saturated rings. The third-order valence-electron chi connectivity index (χ3n) is 4.20. The number of carbonyl (C=O) groups is 2. The van der Waals surface area contributed by atoms with Gasteiger partial charge >= 0.3 is 5.97 Å². The van der Waals surface area contributed by atoms with Crippen molar-refractivity contribution in [2.45, 2.75) is 51.2 Å². The first kappa shape index (κ1) is 16.9. The molecule has 2 atom stereocenters. The number of nitrogens with two attached hydrogens (primary N) is 1. The molecule has 0 aliphatic carbocycles. The average molecular weight is 260 g/mol. The van der Waals surface area contributed by atoms with Gasteiger partial charge in [-0.05, 0) is 13.3 Å². The van der Waals surface area contributed by atoms with Gasteiger partial charge in [0.2, 0.25) is 0 Å². The van der Waals surface area contributed by atoms with E-state index in [0.29, 0.717) is 6.42 Å². The molecule has 0 bridgehead atoms. The summed E-state index contributed by atoms with van der Waals surface area (Å²) in [5.41, 5.74) is 3.77. The number of hydrogen-bond donors (Lipinski definition) is 2. The van der Waals surface area contributed by atoms with Crippen molar-refractivity contribution in [1.82, 2.24) is 0 Å². The zero-order valence-electron chi connectivity index (χ0n) is 11.8. The van der Waals surface area contributed by atoms with E-state index < -0.39 is 29.6 Å². The van der Waals surface area contributed by atoms with Gasteiger partial charge in [0, 0.05) is 13.3 Å². The van der Waals surface area contributed by atoms with Crippen molar-refractivity contribution in [2.75, 3.05) is 14.1 Å². The van der Waals surface area contributed by atoms with E-state index in [-0.39, 0.29) is 4.48 Å². The number of carboxylic acid groups (broad SMARTS) is 2. The predicted octanol–water partition coefficient (Wildman–Crippen LogP) is -0.479. The van der Waals surface area contributed by atoms with Crippen molar-refractivity contribution in [3.63, 3.8) is 0 Å². The van der Waals surface area contributed by atoms with Crippen LogP contribution in [0.5, 0.6) is 0 Å². The molecule has 0 saturated carbocycles. The van der Waals surface area contributed by atoms with E-state index in [1.165, 1.54) is 6.92 Å². The van der Waals surface area contributed by atoms with Crippen LogP contribution < -0.4 is 10.8 Å². The van der Waals surface area contributed by atoms with Crippen molar-refractivity contribution >= 4 is 11.9 Å². The van der Waals surface area contributed by atoms with E-state index >= 15 is 0 Å². The molecule has 6 heteroatoms. The van der Waals surface area contributed by atoms with Gasteiger partial charge in [0.15, 0.2) is 0 Å². The second kappa shape index (κ2) is 5.24. The van der Waals surface area contributed by atoms with Crippen LogP contribution in [0.1, 0.15) is 40.0 Å². The maximum absolute atomic E-state index is 11.4. The zero-order valence-corrected chi connectivity index (χ0v) is 11.8. The highest BCUT2D eigenvalue weighted by Gasteiger charge is 2.52. The van der Waals surface area contributed by atoms with Gasteiger partial charge in [-0.15, -0.1) is 0 Å². The Morgan fingerprint density at radius 1 is 1.33 bits per heavy atom. The first-order chi connectivity index (χ1) is 7.92. The number of carbonyl (C=O) groups excluding carboxylic acids is 1. The fourth-order valence-corrected chi connectivity index (χ4v) is 2.14. The normalized spacial score (nSPS) is 18.8. The second-order valence-corrected chi connectivity index (χ2v) is 5.69. The van der Waals surface area contributed by atoms with E-state index in [4.69, 9.17) is 10.8 Å². The molecule has 0 radical (unpaired) electrons. The SMILES string of the molecule is CCCC(C)(N)[N+](C)(C)C(C)(CC(=O)O)C(=O)[O-]. The van der Waals surface area contributed by atoms with Crippen LogP contribution >= 0.6 is 0 Å². The summed E-state index contributed by atoms with van der Waals surface area (Å²) >= 11 is 0. The molecule has 0 aromatic heterocycles. The van der Waals surface area contributed by atoms with Gasteiger partial charge in [-0.25, -0.2) is 0 Å². The van der Waals surface area contributed by atoms with Crippen molar-refractivity contribution in [3.05, 3.63) is 0 Å². The summed E-state index contributed by atoms with van der Waals surface area (Å²) in [5, 5.41) is 20.3. The van der Waals surface area contributed by atoms with Gasteiger partial charge in [-0.1, -0.05) is 6.92 Å². The van der Waals surface area contributed by atoms with Gasteiger partial charge in [0.25, 0.3) is 0 Å². The fourth-order valence-electron chi connectivity index (χ4n) is 2.14. The fraction of sp³-hybridized carbons (Fsp3) is 0.833. The lowest BCUT2D eigenvalue weighted by atomic mass is 9.87. The number of carboxylic acids is 2. The Morgan fingerprint density at radius 2 is 1.78 bits per heavy atom. The first-order valence-electron chi connectivity index (χ1n) is 5.98. The second-order valence-electron chi connectivity index (χ2n) is 5.69. The molecule has 0 aromatic carbocycles. The van der Waals surface area contributed by atoms with E-state index in [1.54, 1.807) is 21.0 Å². The Balaban J connectivity index is 5.60. The van der Waals surface area contributed by atoms with E-state index in [1.807, 2.05) is 6.92 Å². The summed E-state index contributed by atoms with van der Waals surface area (Å²) < 4.78 is -0.150. The Kier molecular flexibility index (Phi) is 4.91. The molecule has 6 nitrogen and oxygen atoms in total. The number of rotatable bonds is 7. The molecule has 106 valence electrons. The topological polar surface area (TPSA) is 103 Å². The highest BCUT2D eigenvalue weighted by molar-refractivity contribution is 5.82. The quantitative estimate of drug-likeness (QED) is 0.475. The molecule has 0 amide bonds. The van der Waals surface area contributed by atoms with Gasteiger partial charge in [-0.2, -0.15) is 0 Å². The molecule has 0 aliphatic heterocycles. The van der Waals surface area contributed by atoms with Crippen molar-refractivity contribution in [2.24, 2.45) is 5.73 Å². The van der Waals surface area contributed by atoms with Crippen LogP contribution in [0.15, 0.2) is 0 Å². The summed E-state index contributed by atoms with van der Waals surface area (Å²) in [7, 11) is 3.27. The van der Waals surface area contributed by atoms with Crippen LogP contribution in [0.4, 0.5) is 0 Å². The minimum atomic E-state index is -1.58. The van der Waals surface area contributed by atoms with Crippen molar-refractivity contribution < 1.29 is 24.3 Å². The van der Waals surface area contributed by atoms with Crippen LogP contribution in [-0.4, -0.2) is 46.8 Å². The number of hydrogen-bond acceptors (Lipinski definition) is 4. The minimum Gasteiger partial charge on any atom is -0.544 e. The highest BCUT2D eigenvalue weighted by Crippen LogP contribution is 2.33. The smallest absolute Gasteiger partial charge is 0.310 e. The Morgan fingerprint density at radius 3 is 2.06 bits per heavy atom. The Labute approximate surface area is 108 Å². The van der Waals surface area contributed by atoms with Crippen LogP contribution in [0.2, 0.25) is 0 Å². The maximum Gasteiger partial charge on any atom is 0.310 e. The lowest BCUT2D eigenvalue weighted by Gasteiger charge is -2.55. The summed E-state index contributed by atoms with van der Waals surface area (Å²) in [6.45, 7) is 5.05. The molecule has 18 heavy (non-hydrogen) atoms. The standard InChI is InChI=1S/C12H24N2O4/c1-6-7-12(3,13)14(4,5)11(2,10(17)18)8-9(15)16/h6-8,13H2,1-5H3,(H-,15,16,17,18). The van der Waals surface area contributed by atoms with Gasteiger partial charge in [0.05, 0.1) is 14.1 Å². The maximum atomic E-state index is 11.4. The average Bonchev–Trinajstić information content (AvgIpc) is 2.15. The molecular formula is C12H24N2O4. The van der Waals surface area contributed by atoms with E-state index in [2.05, 4.69) is 0 Å². The summed E-state index contributed by atoms with van der Waals surface area (Å²) in [6.07, 6.45) is 0.839. The van der Waals surface area contributed by atoms with Crippen molar-refractivity contribution in [3.8, 4) is 0 Å². The third-order valence-corrected chi connectivity index (χ3v) is 4.20. The molecule has 0 aliphatic rings. The van der Waals surface area contributed by atoms with Crippen LogP contribution in [0.3, 0.4) is 0 Å². The largest absolute Gasteiger partial charge is 0.544 e. The predicted molar refractivity (Wildman–Crippen MR) is 65.3 cm³/mol. The van der Waals surface area contributed by atoms with Gasteiger partial charge in [-0.3, -0.25) is 10.5 Å². The molecule has 0 rings (SSSR count). The number of nitrogens with zero attached hydrogens (tertiary/aromatic N) is 1. The van der Waals surface area contributed by atoms with Gasteiger partial charge < -0.3 is 19.5 Å². The molecular weight excluding hydrogens is 236 g/mol. The zero-order chi connectivity index (χ0) is 14.8. The van der Waals surface area contributed by atoms with Crippen LogP contribution in [0.25, 0.3) is 0 Å². The first-order valence-corrected chi connectivity index (χ1v) is 5.98. The highest BCUT2D eigenvalue weighted by atomic mass is 16.4. The Hall–Kier alpha value is -1.14. The molecule has 0 spiro atoms. The lowest BCUT2D eigenvalue weighted by Crippen LogP contribution is -2.77. The molecule has 0 aromatic rings. The summed E-state index contributed by atoms with van der Waals surface area (Å²) in [6, 6.07) is 0. The summed E-state index contributed by atoms with van der Waals surface area (Å²) in [4.78, 5) is 22.3. The van der Waals surface area contributed by atoms with Crippen molar-refractivity contribution in [1.29, 1.82) is 0 Å². The number of likely N-dealkylation sites (N-methyl/N-ethyl adjacent to an activating group) is 1. The van der Waals surface area contributed by atoms with Crippen LogP contribution in [0, 0.1) is 0 Å². The molecule has 0 saturated heterocycles. The molecule has 0 heterocycles. The lowest BCUT2D eigenvalue weighted by molar-refractivity contribution is -0.978. The number of aliphatic carboxylic acids is 2. The summed E-state index contributed by atoms with van der Waals surface area (Å²) in [5.74, 6) is -2.58. The monoisotopic (exact) mass is 260 g/mol. The number of quaternary nitrogens is 1. The van der Waals surface area contributed by atoms with Gasteiger partial charge in [0.1, 0.15) is 23.6 Å². The van der Waals surface area contributed by atoms with Crippen LogP contribution in [-0.2, 0) is 9.59 Å². The minimum absolute atomic E-state index is 0.150. The third kappa shape index (κ3) is 2.81. The Bertz CT molecular complexity index is 339. The molecule has 2 unspecified atom stereocenters. The molecule has 3 N–H and O–H groups in total. The van der Waals surface area contributed by atoms with E-state index in [9.17, 15) is 14.7 Å².